The molecule has 0 amide bonds. The van der Waals surface area contributed by atoms with Crippen LogP contribution in [0.1, 0.15) is 38.5 Å². The van der Waals surface area contributed by atoms with Gasteiger partial charge < -0.3 is 5.32 Å². The number of anilines is 1. The van der Waals surface area contributed by atoms with Crippen LogP contribution in [0.5, 0.6) is 0 Å². The van der Waals surface area contributed by atoms with Gasteiger partial charge >= 0.3 is 0 Å². The molecule has 4 bridgehead atoms. The largest absolute Gasteiger partial charge is 0.349 e. The molecule has 96 valence electrons. The summed E-state index contributed by atoms with van der Waals surface area (Å²) in [6, 6.07) is 1.73. The van der Waals surface area contributed by atoms with E-state index in [-0.39, 0.29) is 5.54 Å². The van der Waals surface area contributed by atoms with Crippen LogP contribution in [0.2, 0.25) is 5.15 Å². The lowest BCUT2D eigenvalue weighted by Gasteiger charge is -2.56. The van der Waals surface area contributed by atoms with E-state index in [1.807, 2.05) is 0 Å². The van der Waals surface area contributed by atoms with E-state index >= 15 is 0 Å². The van der Waals surface area contributed by atoms with Crippen LogP contribution in [0, 0.1) is 17.8 Å². The number of hydrogen-bond donors (Lipinski definition) is 1. The molecule has 0 aliphatic heterocycles. The van der Waals surface area contributed by atoms with Gasteiger partial charge in [-0.3, -0.25) is 0 Å². The van der Waals surface area contributed by atoms with Gasteiger partial charge in [-0.1, -0.05) is 11.6 Å². The lowest BCUT2D eigenvalue weighted by atomic mass is 9.53. The fraction of sp³-hybridized carbons (Fsp3) is 0.714. The minimum absolute atomic E-state index is 0.263. The topological polar surface area (TPSA) is 37.8 Å². The van der Waals surface area contributed by atoms with Gasteiger partial charge in [-0.05, 0) is 62.3 Å². The summed E-state index contributed by atoms with van der Waals surface area (Å²) in [4.78, 5) is 8.60. The highest BCUT2D eigenvalue weighted by Gasteiger charge is 2.51. The van der Waals surface area contributed by atoms with Crippen LogP contribution in [0.25, 0.3) is 0 Å². The van der Waals surface area contributed by atoms with Crippen LogP contribution in [0.3, 0.4) is 0 Å². The van der Waals surface area contributed by atoms with Crippen molar-refractivity contribution in [2.75, 3.05) is 5.32 Å². The molecule has 0 unspecified atom stereocenters. The molecule has 3 nitrogen and oxygen atoms in total. The van der Waals surface area contributed by atoms with Crippen LogP contribution >= 0.6 is 11.6 Å². The maximum atomic E-state index is 5.94. The lowest BCUT2D eigenvalue weighted by Crippen LogP contribution is -2.55. The molecular weight excluding hydrogens is 246 g/mol. The van der Waals surface area contributed by atoms with Gasteiger partial charge in [-0.2, -0.15) is 0 Å². The molecule has 1 N–H and O–H groups in total. The highest BCUT2D eigenvalue weighted by atomic mass is 35.5. The van der Waals surface area contributed by atoms with Crippen molar-refractivity contribution in [3.8, 4) is 0 Å². The van der Waals surface area contributed by atoms with Crippen molar-refractivity contribution in [3.05, 3.63) is 17.4 Å². The molecular formula is C14H18ClN3. The van der Waals surface area contributed by atoms with Crippen LogP contribution in [-0.4, -0.2) is 15.5 Å². The summed E-state index contributed by atoms with van der Waals surface area (Å²) in [5.41, 5.74) is 0.263. The van der Waals surface area contributed by atoms with Gasteiger partial charge in [0.2, 0.25) is 5.95 Å². The molecule has 0 spiro atoms. The fourth-order valence-corrected chi connectivity index (χ4v) is 5.03. The van der Waals surface area contributed by atoms with Crippen molar-refractivity contribution in [1.29, 1.82) is 0 Å². The molecule has 4 heteroatoms. The monoisotopic (exact) mass is 263 g/mol. The SMILES string of the molecule is Clc1ccnc(NC23CC4CC(CC(C4)C2)C3)n1. The number of nitrogens with zero attached hydrogens (tertiary/aromatic N) is 2. The first kappa shape index (κ1) is 11.0. The predicted molar refractivity (Wildman–Crippen MR) is 71.6 cm³/mol. The third kappa shape index (κ3) is 1.80. The molecule has 0 aromatic carbocycles. The zero-order chi connectivity index (χ0) is 12.2. The quantitative estimate of drug-likeness (QED) is 0.830. The number of hydrogen-bond acceptors (Lipinski definition) is 3. The molecule has 4 fully saturated rings. The summed E-state index contributed by atoms with van der Waals surface area (Å²) < 4.78 is 0. The van der Waals surface area contributed by atoms with E-state index in [0.717, 1.165) is 17.8 Å². The second-order valence-electron chi connectivity index (χ2n) is 6.53. The van der Waals surface area contributed by atoms with Gasteiger partial charge in [0.15, 0.2) is 0 Å². The predicted octanol–water partition coefficient (Wildman–Crippen LogP) is 3.51. The van der Waals surface area contributed by atoms with E-state index < -0.39 is 0 Å². The molecule has 0 saturated heterocycles. The van der Waals surface area contributed by atoms with Crippen LogP contribution in [0.15, 0.2) is 12.3 Å². The first-order valence-electron chi connectivity index (χ1n) is 6.97. The van der Waals surface area contributed by atoms with E-state index in [4.69, 9.17) is 11.6 Å². The Morgan fingerprint density at radius 1 is 1.11 bits per heavy atom. The number of halogens is 1. The molecule has 1 aromatic rings. The van der Waals surface area contributed by atoms with Crippen molar-refractivity contribution in [2.45, 2.75) is 44.1 Å². The van der Waals surface area contributed by atoms with Crippen molar-refractivity contribution in [3.63, 3.8) is 0 Å². The average molecular weight is 264 g/mol. The Balaban J connectivity index is 1.60. The Morgan fingerprint density at radius 3 is 2.28 bits per heavy atom. The second kappa shape index (κ2) is 3.83. The molecule has 4 aliphatic carbocycles. The molecule has 5 rings (SSSR count). The maximum absolute atomic E-state index is 5.94. The van der Waals surface area contributed by atoms with E-state index in [2.05, 4.69) is 15.3 Å². The normalized spacial score (nSPS) is 41.1. The Labute approximate surface area is 112 Å². The van der Waals surface area contributed by atoms with E-state index in [1.54, 1.807) is 12.3 Å². The van der Waals surface area contributed by atoms with Crippen molar-refractivity contribution in [1.82, 2.24) is 9.97 Å². The zero-order valence-corrected chi connectivity index (χ0v) is 11.2. The smallest absolute Gasteiger partial charge is 0.224 e. The van der Waals surface area contributed by atoms with Crippen LogP contribution in [-0.2, 0) is 0 Å². The van der Waals surface area contributed by atoms with Crippen molar-refractivity contribution >= 4 is 17.5 Å². The fourth-order valence-electron chi connectivity index (χ4n) is 4.90. The summed E-state index contributed by atoms with van der Waals surface area (Å²) in [7, 11) is 0. The molecule has 1 heterocycles. The number of rotatable bonds is 2. The minimum atomic E-state index is 0.263. The van der Waals surface area contributed by atoms with E-state index in [0.29, 0.717) is 11.1 Å². The minimum Gasteiger partial charge on any atom is -0.349 e. The summed E-state index contributed by atoms with van der Waals surface area (Å²) in [5.74, 6) is 3.51. The van der Waals surface area contributed by atoms with Crippen molar-refractivity contribution in [2.24, 2.45) is 17.8 Å². The van der Waals surface area contributed by atoms with Gasteiger partial charge in [-0.15, -0.1) is 0 Å². The van der Waals surface area contributed by atoms with Gasteiger partial charge in [0.25, 0.3) is 0 Å². The molecule has 0 atom stereocenters. The van der Waals surface area contributed by atoms with Gasteiger partial charge in [-0.25, -0.2) is 9.97 Å². The molecule has 4 saturated carbocycles. The second-order valence-corrected chi connectivity index (χ2v) is 6.91. The molecule has 1 aromatic heterocycles. The summed E-state index contributed by atoms with van der Waals surface area (Å²) in [6.45, 7) is 0. The van der Waals surface area contributed by atoms with Gasteiger partial charge in [0.05, 0.1) is 0 Å². The Hall–Kier alpha value is -0.830. The number of nitrogens with one attached hydrogen (secondary N) is 1. The zero-order valence-electron chi connectivity index (χ0n) is 10.4. The average Bonchev–Trinajstić information content (AvgIpc) is 2.25. The van der Waals surface area contributed by atoms with Crippen LogP contribution < -0.4 is 5.32 Å². The highest BCUT2D eigenvalue weighted by Crippen LogP contribution is 2.56. The number of aromatic nitrogens is 2. The Bertz CT molecular complexity index is 439. The Kier molecular flexibility index (Phi) is 2.35. The van der Waals surface area contributed by atoms with E-state index in [9.17, 15) is 0 Å². The summed E-state index contributed by atoms with van der Waals surface area (Å²) in [6.07, 6.45) is 10.0. The molecule has 0 radical (unpaired) electrons. The Morgan fingerprint density at radius 2 is 1.72 bits per heavy atom. The third-order valence-corrected chi connectivity index (χ3v) is 5.25. The maximum Gasteiger partial charge on any atom is 0.224 e. The molecule has 4 aliphatic rings. The third-order valence-electron chi connectivity index (χ3n) is 5.04. The summed E-state index contributed by atoms with van der Waals surface area (Å²) in [5, 5.41) is 4.15. The molecule has 18 heavy (non-hydrogen) atoms. The summed E-state index contributed by atoms with van der Waals surface area (Å²) >= 11 is 5.94. The first-order chi connectivity index (χ1) is 8.71. The van der Waals surface area contributed by atoms with Crippen molar-refractivity contribution < 1.29 is 0 Å². The van der Waals surface area contributed by atoms with E-state index in [1.165, 1.54) is 38.5 Å². The first-order valence-corrected chi connectivity index (χ1v) is 7.35. The van der Waals surface area contributed by atoms with Gasteiger partial charge in [0.1, 0.15) is 5.15 Å². The van der Waals surface area contributed by atoms with Gasteiger partial charge in [0, 0.05) is 11.7 Å². The highest BCUT2D eigenvalue weighted by molar-refractivity contribution is 6.29. The standard InChI is InChI=1S/C14H18ClN3/c15-12-1-2-16-13(17-12)18-14-6-9-3-10(7-14)5-11(4-9)8-14/h1-2,9-11H,3-8H2,(H,16,17,18). The lowest BCUT2D eigenvalue weighted by molar-refractivity contribution is 0.0103. The van der Waals surface area contributed by atoms with Crippen LogP contribution in [0.4, 0.5) is 5.95 Å².